The zero-order valence-electron chi connectivity index (χ0n) is 10.6. The minimum Gasteiger partial charge on any atom is -0.476 e. The Morgan fingerprint density at radius 1 is 1.47 bits per heavy atom. The standard InChI is InChI=1S/C13H21N3O/c1-9(2)7-15-12-6-5-11(14)13(16-12)17-8-10-3-4-10/h5-6,9-10H,3-4,7-8,14H2,1-2H3,(H,15,16). The van der Waals surface area contributed by atoms with Crippen molar-refractivity contribution in [2.75, 3.05) is 24.2 Å². The van der Waals surface area contributed by atoms with Gasteiger partial charge in [0.1, 0.15) is 5.82 Å². The summed E-state index contributed by atoms with van der Waals surface area (Å²) in [6.07, 6.45) is 2.54. The molecule has 1 fully saturated rings. The van der Waals surface area contributed by atoms with Gasteiger partial charge in [-0.3, -0.25) is 0 Å². The normalized spacial score (nSPS) is 15.0. The molecule has 0 aliphatic heterocycles. The van der Waals surface area contributed by atoms with E-state index in [-0.39, 0.29) is 0 Å². The van der Waals surface area contributed by atoms with Gasteiger partial charge in [0.2, 0.25) is 5.88 Å². The van der Waals surface area contributed by atoms with Gasteiger partial charge < -0.3 is 15.8 Å². The van der Waals surface area contributed by atoms with Crippen molar-refractivity contribution in [3.63, 3.8) is 0 Å². The Morgan fingerprint density at radius 2 is 2.24 bits per heavy atom. The predicted octanol–water partition coefficient (Wildman–Crippen LogP) is 2.52. The van der Waals surface area contributed by atoms with Gasteiger partial charge in [-0.2, -0.15) is 4.98 Å². The van der Waals surface area contributed by atoms with E-state index in [9.17, 15) is 0 Å². The molecule has 0 aromatic carbocycles. The number of anilines is 2. The third kappa shape index (κ3) is 3.80. The van der Waals surface area contributed by atoms with Crippen LogP contribution in [0.3, 0.4) is 0 Å². The Balaban J connectivity index is 1.94. The van der Waals surface area contributed by atoms with Crippen molar-refractivity contribution < 1.29 is 4.74 Å². The first-order valence-corrected chi connectivity index (χ1v) is 6.28. The van der Waals surface area contributed by atoms with Gasteiger partial charge in [0, 0.05) is 6.54 Å². The number of nitrogens with zero attached hydrogens (tertiary/aromatic N) is 1. The number of ether oxygens (including phenoxy) is 1. The molecule has 0 bridgehead atoms. The Morgan fingerprint density at radius 3 is 2.88 bits per heavy atom. The number of hydrogen-bond donors (Lipinski definition) is 2. The van der Waals surface area contributed by atoms with E-state index in [2.05, 4.69) is 24.1 Å². The van der Waals surface area contributed by atoms with Gasteiger partial charge in [-0.15, -0.1) is 0 Å². The van der Waals surface area contributed by atoms with Gasteiger partial charge in [-0.05, 0) is 36.8 Å². The quantitative estimate of drug-likeness (QED) is 0.795. The number of hydrogen-bond acceptors (Lipinski definition) is 4. The smallest absolute Gasteiger partial charge is 0.239 e. The van der Waals surface area contributed by atoms with E-state index in [1.807, 2.05) is 12.1 Å². The second-order valence-electron chi connectivity index (χ2n) is 5.12. The van der Waals surface area contributed by atoms with Crippen LogP contribution in [0.2, 0.25) is 0 Å². The largest absolute Gasteiger partial charge is 0.476 e. The first kappa shape index (κ1) is 12.0. The minimum atomic E-state index is 0.561. The SMILES string of the molecule is CC(C)CNc1ccc(N)c(OCC2CC2)n1. The number of nitrogen functional groups attached to an aromatic ring is 1. The lowest BCUT2D eigenvalue weighted by molar-refractivity contribution is 0.290. The van der Waals surface area contributed by atoms with E-state index in [0.29, 0.717) is 23.4 Å². The van der Waals surface area contributed by atoms with Crippen molar-refractivity contribution in [1.82, 2.24) is 4.98 Å². The van der Waals surface area contributed by atoms with E-state index in [1.54, 1.807) is 0 Å². The zero-order chi connectivity index (χ0) is 12.3. The lowest BCUT2D eigenvalue weighted by Crippen LogP contribution is -2.10. The molecule has 2 rings (SSSR count). The van der Waals surface area contributed by atoms with Crippen molar-refractivity contribution in [1.29, 1.82) is 0 Å². The first-order chi connectivity index (χ1) is 8.15. The second-order valence-corrected chi connectivity index (χ2v) is 5.12. The summed E-state index contributed by atoms with van der Waals surface area (Å²) in [5, 5.41) is 3.27. The van der Waals surface area contributed by atoms with Gasteiger partial charge in [-0.1, -0.05) is 13.8 Å². The van der Waals surface area contributed by atoms with Gasteiger partial charge in [0.15, 0.2) is 0 Å². The molecule has 0 saturated heterocycles. The van der Waals surface area contributed by atoms with Gasteiger partial charge >= 0.3 is 0 Å². The fraction of sp³-hybridized carbons (Fsp3) is 0.615. The Bertz CT molecular complexity index is 375. The van der Waals surface area contributed by atoms with Crippen LogP contribution >= 0.6 is 0 Å². The summed E-state index contributed by atoms with van der Waals surface area (Å²) >= 11 is 0. The molecule has 4 heteroatoms. The molecule has 17 heavy (non-hydrogen) atoms. The highest BCUT2D eigenvalue weighted by molar-refractivity contribution is 5.53. The van der Waals surface area contributed by atoms with Crippen molar-refractivity contribution in [2.45, 2.75) is 26.7 Å². The van der Waals surface area contributed by atoms with Gasteiger partial charge in [-0.25, -0.2) is 0 Å². The Kier molecular flexibility index (Phi) is 3.71. The molecular formula is C13H21N3O. The second kappa shape index (κ2) is 5.25. The molecule has 4 nitrogen and oxygen atoms in total. The molecule has 94 valence electrons. The summed E-state index contributed by atoms with van der Waals surface area (Å²) in [6, 6.07) is 3.74. The summed E-state index contributed by atoms with van der Waals surface area (Å²) < 4.78 is 5.63. The zero-order valence-corrected chi connectivity index (χ0v) is 10.6. The topological polar surface area (TPSA) is 60.2 Å². The van der Waals surface area contributed by atoms with Gasteiger partial charge in [0.25, 0.3) is 0 Å². The van der Waals surface area contributed by atoms with Gasteiger partial charge in [0.05, 0.1) is 12.3 Å². The lowest BCUT2D eigenvalue weighted by atomic mass is 10.2. The highest BCUT2D eigenvalue weighted by Gasteiger charge is 2.22. The van der Waals surface area contributed by atoms with Crippen molar-refractivity contribution in [2.24, 2.45) is 11.8 Å². The minimum absolute atomic E-state index is 0.561. The van der Waals surface area contributed by atoms with Crippen LogP contribution in [-0.2, 0) is 0 Å². The van der Waals surface area contributed by atoms with Crippen LogP contribution in [-0.4, -0.2) is 18.1 Å². The summed E-state index contributed by atoms with van der Waals surface area (Å²) in [7, 11) is 0. The van der Waals surface area contributed by atoms with Crippen molar-refractivity contribution in [3.05, 3.63) is 12.1 Å². The molecule has 1 saturated carbocycles. The highest BCUT2D eigenvalue weighted by atomic mass is 16.5. The third-order valence-corrected chi connectivity index (χ3v) is 2.73. The van der Waals surface area contributed by atoms with E-state index in [0.717, 1.165) is 19.0 Å². The van der Waals surface area contributed by atoms with E-state index < -0.39 is 0 Å². The van der Waals surface area contributed by atoms with Crippen LogP contribution in [0.1, 0.15) is 26.7 Å². The molecule has 1 aromatic heterocycles. The molecule has 0 unspecified atom stereocenters. The average molecular weight is 235 g/mol. The van der Waals surface area contributed by atoms with Crippen molar-refractivity contribution >= 4 is 11.5 Å². The van der Waals surface area contributed by atoms with Crippen LogP contribution < -0.4 is 15.8 Å². The van der Waals surface area contributed by atoms with E-state index >= 15 is 0 Å². The number of rotatable bonds is 6. The average Bonchev–Trinajstić information content (AvgIpc) is 3.10. The highest BCUT2D eigenvalue weighted by Crippen LogP contribution is 2.30. The first-order valence-electron chi connectivity index (χ1n) is 6.28. The Hall–Kier alpha value is -1.45. The fourth-order valence-corrected chi connectivity index (χ4v) is 1.46. The molecule has 0 radical (unpaired) electrons. The third-order valence-electron chi connectivity index (χ3n) is 2.73. The molecule has 3 N–H and O–H groups in total. The summed E-state index contributed by atoms with van der Waals surface area (Å²) in [5.41, 5.74) is 6.45. The number of nitrogens with one attached hydrogen (secondary N) is 1. The maximum Gasteiger partial charge on any atom is 0.239 e. The molecule has 1 aromatic rings. The molecule has 1 heterocycles. The van der Waals surface area contributed by atoms with E-state index in [4.69, 9.17) is 10.5 Å². The fourth-order valence-electron chi connectivity index (χ4n) is 1.46. The molecule has 0 atom stereocenters. The van der Waals surface area contributed by atoms with E-state index in [1.165, 1.54) is 12.8 Å². The molecular weight excluding hydrogens is 214 g/mol. The summed E-state index contributed by atoms with van der Waals surface area (Å²) in [4.78, 5) is 4.39. The monoisotopic (exact) mass is 235 g/mol. The number of aromatic nitrogens is 1. The molecule has 0 amide bonds. The van der Waals surface area contributed by atoms with Crippen molar-refractivity contribution in [3.8, 4) is 5.88 Å². The number of nitrogens with two attached hydrogens (primary N) is 1. The van der Waals surface area contributed by atoms with Crippen LogP contribution in [0.4, 0.5) is 11.5 Å². The summed E-state index contributed by atoms with van der Waals surface area (Å²) in [6.45, 7) is 5.97. The van der Waals surface area contributed by atoms with Crippen LogP contribution in [0.15, 0.2) is 12.1 Å². The maximum atomic E-state index is 5.84. The van der Waals surface area contributed by atoms with Crippen LogP contribution in [0, 0.1) is 11.8 Å². The number of pyridine rings is 1. The summed E-state index contributed by atoms with van der Waals surface area (Å²) in [5.74, 6) is 2.69. The van der Waals surface area contributed by atoms with Crippen LogP contribution in [0.5, 0.6) is 5.88 Å². The predicted molar refractivity (Wildman–Crippen MR) is 70.2 cm³/mol. The molecule has 1 aliphatic carbocycles. The molecule has 0 spiro atoms. The van der Waals surface area contributed by atoms with Crippen LogP contribution in [0.25, 0.3) is 0 Å². The molecule has 1 aliphatic rings. The lowest BCUT2D eigenvalue weighted by Gasteiger charge is -2.11. The maximum absolute atomic E-state index is 5.84. The Labute approximate surface area is 103 Å².